The molecule has 0 amide bonds. The van der Waals surface area contributed by atoms with Gasteiger partial charge in [0.05, 0.1) is 7.11 Å². The summed E-state index contributed by atoms with van der Waals surface area (Å²) in [6.45, 7) is 0. The van der Waals surface area contributed by atoms with Crippen molar-refractivity contribution in [3.63, 3.8) is 0 Å². The lowest BCUT2D eigenvalue weighted by atomic mass is 10.1. The van der Waals surface area contributed by atoms with Gasteiger partial charge in [-0.15, -0.1) is 0 Å². The molecule has 2 N–H and O–H groups in total. The van der Waals surface area contributed by atoms with Crippen molar-refractivity contribution in [1.82, 2.24) is 0 Å². The van der Waals surface area contributed by atoms with Gasteiger partial charge >= 0.3 is 0 Å². The molecule has 1 aromatic rings. The van der Waals surface area contributed by atoms with E-state index in [1.54, 1.807) is 7.11 Å². The first-order chi connectivity index (χ1) is 6.77. The third kappa shape index (κ3) is 3.24. The third-order valence-electron chi connectivity index (χ3n) is 2.15. The van der Waals surface area contributed by atoms with Crippen molar-refractivity contribution in [3.05, 3.63) is 29.8 Å². The minimum absolute atomic E-state index is 0.123. The number of rotatable bonds is 5. The molecule has 0 aromatic heterocycles. The number of hydrogen-bond donors (Lipinski definition) is 1. The highest BCUT2D eigenvalue weighted by atomic mass is 32.2. The van der Waals surface area contributed by atoms with E-state index in [9.17, 15) is 0 Å². The van der Waals surface area contributed by atoms with E-state index in [1.165, 1.54) is 0 Å². The Bertz CT molecular complexity index is 278. The highest BCUT2D eigenvalue weighted by Crippen LogP contribution is 2.20. The van der Waals surface area contributed by atoms with Gasteiger partial charge in [-0.3, -0.25) is 0 Å². The van der Waals surface area contributed by atoms with Crippen LogP contribution >= 0.6 is 11.8 Å². The predicted molar refractivity (Wildman–Crippen MR) is 62.9 cm³/mol. The first kappa shape index (κ1) is 11.4. The minimum Gasteiger partial charge on any atom is -0.497 e. The Kier molecular flexibility index (Phi) is 4.84. The second-order valence-corrected chi connectivity index (χ2v) is 4.15. The lowest BCUT2D eigenvalue weighted by molar-refractivity contribution is 0.413. The summed E-state index contributed by atoms with van der Waals surface area (Å²) in [7, 11) is 1.67. The molecule has 78 valence electrons. The summed E-state index contributed by atoms with van der Waals surface area (Å²) in [4.78, 5) is 0. The molecule has 1 rings (SSSR count). The normalized spacial score (nSPS) is 12.5. The molecule has 1 atom stereocenters. The molecule has 3 heteroatoms. The first-order valence-corrected chi connectivity index (χ1v) is 6.05. The Labute approximate surface area is 89.8 Å². The molecular formula is C11H17NOS. The minimum atomic E-state index is 0.123. The van der Waals surface area contributed by atoms with E-state index in [-0.39, 0.29) is 6.04 Å². The zero-order valence-electron chi connectivity index (χ0n) is 8.69. The first-order valence-electron chi connectivity index (χ1n) is 4.66. The maximum atomic E-state index is 6.04. The molecule has 0 radical (unpaired) electrons. The van der Waals surface area contributed by atoms with Gasteiger partial charge in [0.15, 0.2) is 0 Å². The number of ether oxygens (including phenoxy) is 1. The van der Waals surface area contributed by atoms with Gasteiger partial charge in [0.2, 0.25) is 0 Å². The summed E-state index contributed by atoms with van der Waals surface area (Å²) in [5.41, 5.74) is 7.19. The molecule has 0 aliphatic rings. The van der Waals surface area contributed by atoms with Crippen LogP contribution in [-0.4, -0.2) is 19.1 Å². The SMILES string of the molecule is COc1cccc(C(N)CCSC)c1. The van der Waals surface area contributed by atoms with Gasteiger partial charge in [0.1, 0.15) is 5.75 Å². The van der Waals surface area contributed by atoms with Crippen LogP contribution in [0, 0.1) is 0 Å². The smallest absolute Gasteiger partial charge is 0.119 e. The van der Waals surface area contributed by atoms with Gasteiger partial charge in [-0.1, -0.05) is 12.1 Å². The van der Waals surface area contributed by atoms with Gasteiger partial charge in [0.25, 0.3) is 0 Å². The molecule has 2 nitrogen and oxygen atoms in total. The molecule has 0 aliphatic heterocycles. The quantitative estimate of drug-likeness (QED) is 0.812. The number of methoxy groups -OCH3 is 1. The van der Waals surface area contributed by atoms with Crippen molar-refractivity contribution in [3.8, 4) is 5.75 Å². The molecule has 0 saturated carbocycles. The molecule has 0 spiro atoms. The van der Waals surface area contributed by atoms with E-state index < -0.39 is 0 Å². The molecular weight excluding hydrogens is 194 g/mol. The fourth-order valence-electron chi connectivity index (χ4n) is 1.28. The lowest BCUT2D eigenvalue weighted by Crippen LogP contribution is -2.11. The monoisotopic (exact) mass is 211 g/mol. The summed E-state index contributed by atoms with van der Waals surface area (Å²) >= 11 is 1.82. The maximum Gasteiger partial charge on any atom is 0.119 e. The summed E-state index contributed by atoms with van der Waals surface area (Å²) in [6.07, 6.45) is 3.10. The molecule has 0 aliphatic carbocycles. The van der Waals surface area contributed by atoms with E-state index in [4.69, 9.17) is 10.5 Å². The van der Waals surface area contributed by atoms with Gasteiger partial charge in [-0.05, 0) is 36.1 Å². The fourth-order valence-corrected chi connectivity index (χ4v) is 1.77. The Hall–Kier alpha value is -0.670. The van der Waals surface area contributed by atoms with Gasteiger partial charge < -0.3 is 10.5 Å². The average molecular weight is 211 g/mol. The fraction of sp³-hybridized carbons (Fsp3) is 0.455. The molecule has 0 fully saturated rings. The van der Waals surface area contributed by atoms with Crippen LogP contribution in [0.3, 0.4) is 0 Å². The average Bonchev–Trinajstić information content (AvgIpc) is 2.26. The van der Waals surface area contributed by atoms with E-state index in [2.05, 4.69) is 6.26 Å². The highest BCUT2D eigenvalue weighted by Gasteiger charge is 2.05. The van der Waals surface area contributed by atoms with Crippen molar-refractivity contribution in [2.75, 3.05) is 19.1 Å². The zero-order chi connectivity index (χ0) is 10.4. The van der Waals surface area contributed by atoms with Crippen molar-refractivity contribution in [2.24, 2.45) is 5.73 Å². The second kappa shape index (κ2) is 5.94. The van der Waals surface area contributed by atoms with Crippen LogP contribution < -0.4 is 10.5 Å². The molecule has 14 heavy (non-hydrogen) atoms. The number of hydrogen-bond acceptors (Lipinski definition) is 3. The highest BCUT2D eigenvalue weighted by molar-refractivity contribution is 7.98. The van der Waals surface area contributed by atoms with E-state index in [0.29, 0.717) is 0 Å². The molecule has 0 heterocycles. The van der Waals surface area contributed by atoms with Crippen molar-refractivity contribution in [2.45, 2.75) is 12.5 Å². The van der Waals surface area contributed by atoms with Crippen LogP contribution in [0.2, 0.25) is 0 Å². The van der Waals surface area contributed by atoms with Crippen molar-refractivity contribution >= 4 is 11.8 Å². The largest absolute Gasteiger partial charge is 0.497 e. The standard InChI is InChI=1S/C11H17NOS/c1-13-10-5-3-4-9(8-10)11(12)6-7-14-2/h3-5,8,11H,6-7,12H2,1-2H3. The molecule has 1 aromatic carbocycles. The summed E-state index contributed by atoms with van der Waals surface area (Å²) < 4.78 is 5.15. The summed E-state index contributed by atoms with van der Waals surface area (Å²) in [6, 6.07) is 8.09. The number of thioether (sulfide) groups is 1. The Morgan fingerprint density at radius 2 is 2.29 bits per heavy atom. The summed E-state index contributed by atoms with van der Waals surface area (Å²) in [5, 5.41) is 0. The van der Waals surface area contributed by atoms with Crippen LogP contribution in [-0.2, 0) is 0 Å². The zero-order valence-corrected chi connectivity index (χ0v) is 9.51. The lowest BCUT2D eigenvalue weighted by Gasteiger charge is -2.12. The van der Waals surface area contributed by atoms with E-state index in [1.807, 2.05) is 36.0 Å². The maximum absolute atomic E-state index is 6.04. The number of nitrogens with two attached hydrogens (primary N) is 1. The molecule has 1 unspecified atom stereocenters. The van der Waals surface area contributed by atoms with Crippen LogP contribution in [0.4, 0.5) is 0 Å². The molecule has 0 saturated heterocycles. The predicted octanol–water partition coefficient (Wildman–Crippen LogP) is 2.45. The van der Waals surface area contributed by atoms with Crippen LogP contribution in [0.1, 0.15) is 18.0 Å². The topological polar surface area (TPSA) is 35.2 Å². The van der Waals surface area contributed by atoms with Crippen LogP contribution in [0.15, 0.2) is 24.3 Å². The Morgan fingerprint density at radius 3 is 2.93 bits per heavy atom. The van der Waals surface area contributed by atoms with Crippen molar-refractivity contribution in [1.29, 1.82) is 0 Å². The van der Waals surface area contributed by atoms with Gasteiger partial charge in [-0.25, -0.2) is 0 Å². The van der Waals surface area contributed by atoms with E-state index in [0.717, 1.165) is 23.5 Å². The molecule has 0 bridgehead atoms. The summed E-state index contributed by atoms with van der Waals surface area (Å²) in [5.74, 6) is 1.97. The second-order valence-electron chi connectivity index (χ2n) is 3.16. The third-order valence-corrected chi connectivity index (χ3v) is 2.80. The van der Waals surface area contributed by atoms with Gasteiger partial charge in [0, 0.05) is 6.04 Å². The van der Waals surface area contributed by atoms with Crippen LogP contribution in [0.25, 0.3) is 0 Å². The van der Waals surface area contributed by atoms with Gasteiger partial charge in [-0.2, -0.15) is 11.8 Å². The van der Waals surface area contributed by atoms with Crippen LogP contribution in [0.5, 0.6) is 5.75 Å². The number of benzene rings is 1. The van der Waals surface area contributed by atoms with Crippen molar-refractivity contribution < 1.29 is 4.74 Å². The van der Waals surface area contributed by atoms with E-state index >= 15 is 0 Å². The Balaban J connectivity index is 2.64. The Morgan fingerprint density at radius 1 is 1.50 bits per heavy atom.